The van der Waals surface area contributed by atoms with Crippen LogP contribution in [0.15, 0.2) is 52.1 Å². The third-order valence-corrected chi connectivity index (χ3v) is 16.9. The average Bonchev–Trinajstić information content (AvgIpc) is 3.04. The van der Waals surface area contributed by atoms with E-state index in [1.807, 2.05) is 5.17 Å². The van der Waals surface area contributed by atoms with Crippen molar-refractivity contribution in [2.45, 2.75) is 62.7 Å². The van der Waals surface area contributed by atoms with Crippen molar-refractivity contribution in [2.75, 3.05) is 0 Å². The van der Waals surface area contributed by atoms with Gasteiger partial charge in [-0.2, -0.15) is 0 Å². The summed E-state index contributed by atoms with van der Waals surface area (Å²) in [5, 5.41) is 1.81. The van der Waals surface area contributed by atoms with Crippen molar-refractivity contribution >= 4 is 36.8 Å². The molecule has 0 nitrogen and oxygen atoms in total. The molecule has 0 N–H and O–H groups in total. The topological polar surface area (TPSA) is 0 Å². The summed E-state index contributed by atoms with van der Waals surface area (Å²) in [6, 6.07) is 8.93. The van der Waals surface area contributed by atoms with Crippen LogP contribution in [0.5, 0.6) is 0 Å². The molecule has 3 unspecified atom stereocenters. The minimum atomic E-state index is -2.63. The van der Waals surface area contributed by atoms with Gasteiger partial charge in [-0.3, -0.25) is 0 Å². The Morgan fingerprint density at radius 2 is 1.75 bits per heavy atom. The first-order chi connectivity index (χ1) is 13.3. The number of rotatable bonds is 2. The van der Waals surface area contributed by atoms with E-state index in [1.165, 1.54) is 41.5 Å². The molecule has 1 aromatic carbocycles. The van der Waals surface area contributed by atoms with Gasteiger partial charge < -0.3 is 0 Å². The van der Waals surface area contributed by atoms with Crippen LogP contribution in [0, 0.1) is 5.92 Å². The molecule has 3 aliphatic carbocycles. The Hall–Kier alpha value is -0.0230. The summed E-state index contributed by atoms with van der Waals surface area (Å²) in [7, 11) is 13.2. The van der Waals surface area contributed by atoms with E-state index in [1.54, 1.807) is 16.7 Å². The van der Waals surface area contributed by atoms with E-state index >= 15 is 0 Å². The zero-order chi connectivity index (χ0) is 20.2. The summed E-state index contributed by atoms with van der Waals surface area (Å²) in [5.74, 6) is 0.937. The van der Waals surface area contributed by atoms with Gasteiger partial charge in [0.15, 0.2) is 0 Å². The van der Waals surface area contributed by atoms with Crippen molar-refractivity contribution in [3.63, 3.8) is 0 Å². The molecule has 1 aromatic rings. The van der Waals surface area contributed by atoms with Gasteiger partial charge >= 0.3 is 188 Å². The molecule has 28 heavy (non-hydrogen) atoms. The van der Waals surface area contributed by atoms with E-state index in [-0.39, 0.29) is 0 Å². The molecule has 3 atom stereocenters. The summed E-state index contributed by atoms with van der Waals surface area (Å²) in [5.41, 5.74) is 10.7. The zero-order valence-corrected chi connectivity index (χ0v) is 23.6. The summed E-state index contributed by atoms with van der Waals surface area (Å²) in [4.78, 5) is 0. The molecule has 147 valence electrons. The molecule has 0 fully saturated rings. The number of fused-ring (bicyclic) bond motifs is 1. The third kappa shape index (κ3) is 3.41. The first-order valence-corrected chi connectivity index (χ1v) is 23.9. The Morgan fingerprint density at radius 3 is 2.43 bits per heavy atom. The zero-order valence-electron chi connectivity index (χ0n) is 17.5. The van der Waals surface area contributed by atoms with Crippen LogP contribution >= 0.6 is 17.2 Å². The van der Waals surface area contributed by atoms with Gasteiger partial charge in [-0.25, -0.2) is 0 Å². The molecule has 0 aromatic heterocycles. The van der Waals surface area contributed by atoms with Crippen LogP contribution in [0.4, 0.5) is 0 Å². The Balaban J connectivity index is 1.94. The second-order valence-electron chi connectivity index (χ2n) is 8.81. The van der Waals surface area contributed by atoms with Crippen LogP contribution in [-0.4, -0.2) is 13.6 Å². The molecule has 4 rings (SSSR count). The molecule has 0 saturated carbocycles. The number of benzene rings is 1. The maximum atomic E-state index is 6.80. The average molecular weight is 595 g/mol. The Bertz CT molecular complexity index is 947. The molecule has 0 heterocycles. The van der Waals surface area contributed by atoms with E-state index in [2.05, 4.69) is 64.2 Å². The summed E-state index contributed by atoms with van der Waals surface area (Å²) < 4.78 is 0.394. The van der Waals surface area contributed by atoms with Gasteiger partial charge in [0, 0.05) is 0 Å². The predicted molar refractivity (Wildman–Crippen MR) is 124 cm³/mol. The van der Waals surface area contributed by atoms with Gasteiger partial charge in [0.2, 0.25) is 0 Å². The van der Waals surface area contributed by atoms with Crippen LogP contribution in [0.1, 0.15) is 57.1 Å². The minimum absolute atomic E-state index is 0.385. The van der Waals surface area contributed by atoms with Crippen molar-refractivity contribution in [3.05, 3.63) is 63.3 Å². The van der Waals surface area contributed by atoms with Gasteiger partial charge in [-0.05, 0) is 0 Å². The van der Waals surface area contributed by atoms with Gasteiger partial charge in [0.1, 0.15) is 0 Å². The SMILES string of the molecule is CC1=Cc2ccccc2C1C1=C(C)[CH]([Hf]([Cl])[Cl])C2=C1C(C)C(=[Si](C)C)CCC2. The molecule has 0 radical (unpaired) electrons. The number of hydrogen-bond acceptors (Lipinski definition) is 0. The van der Waals surface area contributed by atoms with Crippen molar-refractivity contribution in [3.8, 4) is 0 Å². The van der Waals surface area contributed by atoms with Crippen LogP contribution in [-0.2, 0) is 19.1 Å². The third-order valence-electron chi connectivity index (χ3n) is 6.99. The van der Waals surface area contributed by atoms with Gasteiger partial charge in [0.05, 0.1) is 0 Å². The van der Waals surface area contributed by atoms with Gasteiger partial charge in [0.25, 0.3) is 0 Å². The fraction of sp³-hybridized carbons (Fsp3) is 0.458. The molecule has 3 aliphatic rings. The quantitative estimate of drug-likeness (QED) is 0.306. The van der Waals surface area contributed by atoms with Crippen LogP contribution in [0.3, 0.4) is 0 Å². The summed E-state index contributed by atoms with van der Waals surface area (Å²) >= 11 is -2.63. The fourth-order valence-electron chi connectivity index (χ4n) is 5.83. The Labute approximate surface area is 186 Å². The standard InChI is InChI=1S/C24H29Si.2ClH.Hf/c1-15-13-18-9-6-7-11-20(18)22(15)23-16(2)14-19-10-8-12-21(25(4)5)17(3)24(19)23;;;/h6-7,9,11,13-14,17,22H,8,10,12H2,1-5H3;2*1H;/q;;;+2/p-2. The number of halogens is 2. The van der Waals surface area contributed by atoms with Crippen molar-refractivity contribution in [1.82, 2.24) is 0 Å². The second-order valence-corrected chi connectivity index (χ2v) is 23.9. The molecule has 4 heteroatoms. The van der Waals surface area contributed by atoms with E-state index < -0.39 is 27.5 Å². The molecule has 0 bridgehead atoms. The Morgan fingerprint density at radius 1 is 1.04 bits per heavy atom. The van der Waals surface area contributed by atoms with E-state index in [0.29, 0.717) is 15.5 Å². The van der Waals surface area contributed by atoms with Crippen LogP contribution < -0.4 is 0 Å². The van der Waals surface area contributed by atoms with Crippen LogP contribution in [0.2, 0.25) is 16.8 Å². The van der Waals surface area contributed by atoms with Gasteiger partial charge in [-0.15, -0.1) is 0 Å². The fourth-order valence-corrected chi connectivity index (χ4v) is 16.1. The van der Waals surface area contributed by atoms with E-state index in [0.717, 1.165) is 0 Å². The molecule has 0 aliphatic heterocycles. The normalized spacial score (nSPS) is 26.9. The first-order valence-electron chi connectivity index (χ1n) is 10.4. The summed E-state index contributed by atoms with van der Waals surface area (Å²) in [6.07, 6.45) is 6.13. The molecule has 0 spiro atoms. The summed E-state index contributed by atoms with van der Waals surface area (Å²) in [6.45, 7) is 12.0. The number of allylic oxidation sites excluding steroid dienone is 5. The monoisotopic (exact) mass is 595 g/mol. The molecule has 0 saturated heterocycles. The Kier molecular flexibility index (Phi) is 6.25. The number of hydrogen-bond donors (Lipinski definition) is 0. The molecular weight excluding hydrogens is 566 g/mol. The van der Waals surface area contributed by atoms with Crippen molar-refractivity contribution < 1.29 is 19.1 Å². The van der Waals surface area contributed by atoms with E-state index in [9.17, 15) is 0 Å². The predicted octanol–water partition coefficient (Wildman–Crippen LogP) is 7.86. The second kappa shape index (κ2) is 8.25. The van der Waals surface area contributed by atoms with Crippen molar-refractivity contribution in [1.29, 1.82) is 0 Å². The van der Waals surface area contributed by atoms with Crippen LogP contribution in [0.25, 0.3) is 6.08 Å². The first kappa shape index (κ1) is 21.2. The maximum absolute atomic E-state index is 6.80. The van der Waals surface area contributed by atoms with Gasteiger partial charge in [-0.1, -0.05) is 0 Å². The van der Waals surface area contributed by atoms with E-state index in [4.69, 9.17) is 17.2 Å². The van der Waals surface area contributed by atoms with Crippen molar-refractivity contribution in [2.24, 2.45) is 5.92 Å². The molecular formula is C24H29Cl2HfSi. The molecule has 0 amide bonds.